The molecule has 3 N–H and O–H groups in total. The molecule has 8 nitrogen and oxygen atoms in total. The zero-order valence-electron chi connectivity index (χ0n) is 16.1. The van der Waals surface area contributed by atoms with Crippen molar-refractivity contribution in [2.24, 2.45) is 17.3 Å². The Balaban J connectivity index is 1.64. The Kier molecular flexibility index (Phi) is 5.26. The summed E-state index contributed by atoms with van der Waals surface area (Å²) in [5, 5.41) is 7.40. The zero-order valence-corrected chi connectivity index (χ0v) is 16.1. The number of nitrogens with one attached hydrogen (secondary N) is 3. The molecule has 27 heavy (non-hydrogen) atoms. The fourth-order valence-corrected chi connectivity index (χ4v) is 3.77. The van der Waals surface area contributed by atoms with E-state index in [-0.39, 0.29) is 41.2 Å². The van der Waals surface area contributed by atoms with Crippen LogP contribution >= 0.6 is 0 Å². The summed E-state index contributed by atoms with van der Waals surface area (Å²) in [7, 11) is 0. The first kappa shape index (κ1) is 19.4. The van der Waals surface area contributed by atoms with Gasteiger partial charge < -0.3 is 10.2 Å². The molecule has 1 saturated carbocycles. The second kappa shape index (κ2) is 7.32. The van der Waals surface area contributed by atoms with E-state index in [0.29, 0.717) is 25.4 Å². The summed E-state index contributed by atoms with van der Waals surface area (Å²) in [5.74, 6) is 0.629. The van der Waals surface area contributed by atoms with Crippen molar-refractivity contribution in [2.45, 2.75) is 52.5 Å². The van der Waals surface area contributed by atoms with Gasteiger partial charge in [0.05, 0.1) is 12.5 Å². The number of hydrogen-bond donors (Lipinski definition) is 3. The van der Waals surface area contributed by atoms with Crippen LogP contribution in [0.15, 0.2) is 15.7 Å². The fraction of sp³-hybridized carbons (Fsp3) is 0.684. The van der Waals surface area contributed by atoms with Gasteiger partial charge in [-0.1, -0.05) is 20.8 Å². The lowest BCUT2D eigenvalue weighted by atomic mass is 9.91. The molecule has 1 aromatic rings. The van der Waals surface area contributed by atoms with E-state index in [1.54, 1.807) is 0 Å². The van der Waals surface area contributed by atoms with Gasteiger partial charge in [-0.25, -0.2) is 0 Å². The molecule has 1 aromatic heterocycles. The molecular weight excluding hydrogens is 348 g/mol. The summed E-state index contributed by atoms with van der Waals surface area (Å²) < 4.78 is 0. The molecule has 0 aromatic carbocycles. The number of rotatable bonds is 5. The second-order valence-corrected chi connectivity index (χ2v) is 9.00. The lowest BCUT2D eigenvalue weighted by molar-refractivity contribution is -0.132. The maximum Gasteiger partial charge on any atom is 0.266 e. The van der Waals surface area contributed by atoms with Crippen molar-refractivity contribution in [1.82, 2.24) is 20.4 Å². The first-order chi connectivity index (χ1) is 12.6. The molecule has 2 atom stereocenters. The number of carbonyl (C=O) groups is 2. The summed E-state index contributed by atoms with van der Waals surface area (Å²) in [5.41, 5.74) is -0.864. The molecule has 0 unspecified atom stereocenters. The third-order valence-corrected chi connectivity index (χ3v) is 5.22. The number of H-pyrrole nitrogens is 2. The number of likely N-dealkylation sites (tertiary alicyclic amines) is 1. The lowest BCUT2D eigenvalue weighted by Crippen LogP contribution is -2.43. The van der Waals surface area contributed by atoms with Crippen LogP contribution in [0.3, 0.4) is 0 Å². The third-order valence-electron chi connectivity index (χ3n) is 5.22. The van der Waals surface area contributed by atoms with E-state index in [4.69, 9.17) is 0 Å². The van der Waals surface area contributed by atoms with Crippen LogP contribution in [0, 0.1) is 17.3 Å². The molecule has 1 aliphatic carbocycles. The molecule has 8 heteroatoms. The van der Waals surface area contributed by atoms with E-state index in [2.05, 4.69) is 15.5 Å². The molecule has 1 saturated heterocycles. The normalized spacial score (nSPS) is 22.7. The van der Waals surface area contributed by atoms with E-state index >= 15 is 0 Å². The van der Waals surface area contributed by atoms with Crippen molar-refractivity contribution in [3.05, 3.63) is 32.3 Å². The summed E-state index contributed by atoms with van der Waals surface area (Å²) in [6.45, 7) is 7.30. The molecule has 3 rings (SSSR count). The lowest BCUT2D eigenvalue weighted by Gasteiger charge is -2.23. The van der Waals surface area contributed by atoms with Crippen LogP contribution in [-0.2, 0) is 16.0 Å². The minimum Gasteiger partial charge on any atom is -0.351 e. The van der Waals surface area contributed by atoms with E-state index in [1.807, 2.05) is 25.7 Å². The Bertz CT molecular complexity index is 831. The first-order valence-electron chi connectivity index (χ1n) is 9.50. The van der Waals surface area contributed by atoms with Crippen LogP contribution in [-0.4, -0.2) is 46.0 Å². The van der Waals surface area contributed by atoms with Gasteiger partial charge in [-0.2, -0.15) is 0 Å². The zero-order chi connectivity index (χ0) is 19.8. The van der Waals surface area contributed by atoms with Gasteiger partial charge in [0.25, 0.3) is 11.1 Å². The van der Waals surface area contributed by atoms with E-state index in [9.17, 15) is 19.2 Å². The van der Waals surface area contributed by atoms with Crippen LogP contribution in [0.25, 0.3) is 0 Å². The van der Waals surface area contributed by atoms with E-state index < -0.39 is 11.1 Å². The van der Waals surface area contributed by atoms with Crippen molar-refractivity contribution in [3.8, 4) is 0 Å². The highest BCUT2D eigenvalue weighted by atomic mass is 16.2. The van der Waals surface area contributed by atoms with Gasteiger partial charge in [0, 0.05) is 37.1 Å². The molecule has 148 valence electrons. The molecule has 2 aliphatic rings. The molecule has 1 aliphatic heterocycles. The van der Waals surface area contributed by atoms with Crippen molar-refractivity contribution < 1.29 is 9.59 Å². The standard InChI is InChI=1S/C19H28N4O4/c1-19(2,3)8-17(26)23-9-13(11-4-5-11)14(10-23)20-15(24)6-12-7-16(25)21-22-18(12)27/h7,11,13-14H,4-6,8-10H2,1-3H3,(H,20,24)(H,21,25)(H,22,27)/t13-,14+/m0/s1. The number of nitrogens with zero attached hydrogens (tertiary/aromatic N) is 1. The van der Waals surface area contributed by atoms with Crippen LogP contribution in [0.2, 0.25) is 0 Å². The Morgan fingerprint density at radius 3 is 2.52 bits per heavy atom. The smallest absolute Gasteiger partial charge is 0.266 e. The molecule has 2 fully saturated rings. The highest BCUT2D eigenvalue weighted by Crippen LogP contribution is 2.41. The molecular formula is C19H28N4O4. The topological polar surface area (TPSA) is 115 Å². The molecule has 0 spiro atoms. The van der Waals surface area contributed by atoms with Crippen molar-refractivity contribution in [2.75, 3.05) is 13.1 Å². The average Bonchev–Trinajstić information content (AvgIpc) is 3.30. The molecule has 0 bridgehead atoms. The summed E-state index contributed by atoms with van der Waals surface area (Å²) in [6, 6.07) is 1.04. The summed E-state index contributed by atoms with van der Waals surface area (Å²) in [4.78, 5) is 50.0. The SMILES string of the molecule is CC(C)(C)CC(=O)N1C[C@@H](NC(=O)Cc2cc(=O)[nH][nH]c2=O)[C@H](C2CC2)C1. The Morgan fingerprint density at radius 1 is 1.19 bits per heavy atom. The first-order valence-corrected chi connectivity index (χ1v) is 9.50. The molecule has 2 heterocycles. The quantitative estimate of drug-likeness (QED) is 0.690. The molecule has 2 amide bonds. The summed E-state index contributed by atoms with van der Waals surface area (Å²) >= 11 is 0. The van der Waals surface area contributed by atoms with E-state index in [0.717, 1.165) is 18.9 Å². The van der Waals surface area contributed by atoms with Gasteiger partial charge in [-0.3, -0.25) is 29.4 Å². The van der Waals surface area contributed by atoms with Gasteiger partial charge in [0.2, 0.25) is 11.8 Å². The number of carbonyl (C=O) groups excluding carboxylic acids is 2. The summed E-state index contributed by atoms with van der Waals surface area (Å²) in [6.07, 6.45) is 2.59. The Labute approximate surface area is 157 Å². The fourth-order valence-electron chi connectivity index (χ4n) is 3.77. The number of aromatic nitrogens is 2. The minimum absolute atomic E-state index is 0.0745. The predicted octanol–water partition coefficient (Wildman–Crippen LogP) is 0.395. The highest BCUT2D eigenvalue weighted by Gasteiger charge is 2.44. The van der Waals surface area contributed by atoms with Gasteiger partial charge in [0.15, 0.2) is 0 Å². The Hall–Kier alpha value is -2.38. The van der Waals surface area contributed by atoms with Gasteiger partial charge in [-0.15, -0.1) is 0 Å². The number of amides is 2. The highest BCUT2D eigenvalue weighted by molar-refractivity contribution is 5.80. The van der Waals surface area contributed by atoms with Crippen LogP contribution in [0.4, 0.5) is 0 Å². The van der Waals surface area contributed by atoms with Crippen LogP contribution < -0.4 is 16.4 Å². The number of hydrogen-bond acceptors (Lipinski definition) is 4. The van der Waals surface area contributed by atoms with E-state index in [1.165, 1.54) is 0 Å². The van der Waals surface area contributed by atoms with Crippen LogP contribution in [0.5, 0.6) is 0 Å². The second-order valence-electron chi connectivity index (χ2n) is 9.00. The molecule has 0 radical (unpaired) electrons. The monoisotopic (exact) mass is 376 g/mol. The maximum atomic E-state index is 12.6. The van der Waals surface area contributed by atoms with Gasteiger partial charge in [-0.05, 0) is 24.2 Å². The van der Waals surface area contributed by atoms with Crippen molar-refractivity contribution in [3.63, 3.8) is 0 Å². The van der Waals surface area contributed by atoms with Crippen molar-refractivity contribution in [1.29, 1.82) is 0 Å². The maximum absolute atomic E-state index is 12.6. The van der Waals surface area contributed by atoms with Gasteiger partial charge >= 0.3 is 0 Å². The Morgan fingerprint density at radius 2 is 1.89 bits per heavy atom. The average molecular weight is 376 g/mol. The largest absolute Gasteiger partial charge is 0.351 e. The van der Waals surface area contributed by atoms with Crippen LogP contribution in [0.1, 0.15) is 45.6 Å². The number of aromatic amines is 2. The minimum atomic E-state index is -0.475. The predicted molar refractivity (Wildman–Crippen MR) is 100 cm³/mol. The van der Waals surface area contributed by atoms with Gasteiger partial charge in [0.1, 0.15) is 0 Å². The van der Waals surface area contributed by atoms with Crippen molar-refractivity contribution >= 4 is 11.8 Å². The third kappa shape index (κ3) is 5.08.